The highest BCUT2D eigenvalue weighted by molar-refractivity contribution is 5.82. The predicted molar refractivity (Wildman–Crippen MR) is 75.2 cm³/mol. The van der Waals surface area contributed by atoms with Crippen molar-refractivity contribution in [1.29, 1.82) is 0 Å². The number of nitrogens with one attached hydrogen (secondary N) is 2. The molecular formula is C15H19F3N2O2. The molecule has 1 aromatic rings. The third kappa shape index (κ3) is 4.45. The number of halogens is 3. The van der Waals surface area contributed by atoms with Gasteiger partial charge in [-0.1, -0.05) is 12.1 Å². The third-order valence-corrected chi connectivity index (χ3v) is 3.64. The van der Waals surface area contributed by atoms with Crippen molar-refractivity contribution in [3.05, 3.63) is 35.4 Å². The summed E-state index contributed by atoms with van der Waals surface area (Å²) in [6.45, 7) is 2.19. The van der Waals surface area contributed by atoms with Crippen molar-refractivity contribution in [2.45, 2.75) is 44.1 Å². The Hall–Kier alpha value is -1.60. The largest absolute Gasteiger partial charge is 0.416 e. The molecule has 0 spiro atoms. The Bertz CT molecular complexity index is 517. The van der Waals surface area contributed by atoms with Gasteiger partial charge in [-0.05, 0) is 37.5 Å². The predicted octanol–water partition coefficient (Wildman–Crippen LogP) is 1.48. The second-order valence-corrected chi connectivity index (χ2v) is 5.66. The van der Waals surface area contributed by atoms with Gasteiger partial charge >= 0.3 is 6.18 Å². The van der Waals surface area contributed by atoms with Crippen LogP contribution in [-0.2, 0) is 17.4 Å². The highest BCUT2D eigenvalue weighted by Gasteiger charge is 2.30. The molecule has 22 heavy (non-hydrogen) atoms. The second kappa shape index (κ2) is 6.66. The maximum absolute atomic E-state index is 12.5. The molecule has 0 aliphatic carbocycles. The van der Waals surface area contributed by atoms with E-state index in [4.69, 9.17) is 0 Å². The van der Waals surface area contributed by atoms with Gasteiger partial charge in [-0.15, -0.1) is 0 Å². The zero-order chi connectivity index (χ0) is 16.3. The van der Waals surface area contributed by atoms with Gasteiger partial charge in [0, 0.05) is 12.6 Å². The lowest BCUT2D eigenvalue weighted by molar-refractivity contribution is -0.137. The zero-order valence-electron chi connectivity index (χ0n) is 12.2. The number of rotatable bonds is 4. The number of carbonyl (C=O) groups excluding carboxylic acids is 1. The van der Waals surface area contributed by atoms with Gasteiger partial charge in [0.15, 0.2) is 0 Å². The number of aliphatic hydroxyl groups is 1. The van der Waals surface area contributed by atoms with E-state index < -0.39 is 23.9 Å². The van der Waals surface area contributed by atoms with Gasteiger partial charge in [-0.3, -0.25) is 4.79 Å². The quantitative estimate of drug-likeness (QED) is 0.788. The standard InChI is InChI=1S/C15H19F3N2O2/c1-9(20-14(22)13-7-12(21)8-19-13)6-10-2-4-11(5-3-10)15(16,17)18/h2-5,9,12-13,19,21H,6-8H2,1H3,(H,20,22)/t9-,12-,13-/m1/s1. The number of amides is 1. The number of benzene rings is 1. The van der Waals surface area contributed by atoms with Crippen LogP contribution in [0, 0.1) is 0 Å². The Morgan fingerprint density at radius 2 is 2.05 bits per heavy atom. The molecule has 0 radical (unpaired) electrons. The Labute approximate surface area is 126 Å². The molecule has 4 nitrogen and oxygen atoms in total. The minimum absolute atomic E-state index is 0.198. The van der Waals surface area contributed by atoms with E-state index in [9.17, 15) is 23.1 Å². The van der Waals surface area contributed by atoms with E-state index in [1.165, 1.54) is 12.1 Å². The maximum Gasteiger partial charge on any atom is 0.416 e. The Balaban J connectivity index is 1.86. The van der Waals surface area contributed by atoms with E-state index in [1.54, 1.807) is 6.92 Å². The van der Waals surface area contributed by atoms with Crippen molar-refractivity contribution in [1.82, 2.24) is 10.6 Å². The fraction of sp³-hybridized carbons (Fsp3) is 0.533. The molecule has 1 heterocycles. The highest BCUT2D eigenvalue weighted by atomic mass is 19.4. The Morgan fingerprint density at radius 3 is 2.55 bits per heavy atom. The average Bonchev–Trinajstić information content (AvgIpc) is 2.85. The van der Waals surface area contributed by atoms with E-state index in [-0.39, 0.29) is 11.9 Å². The van der Waals surface area contributed by atoms with Crippen LogP contribution in [0.4, 0.5) is 13.2 Å². The number of aliphatic hydroxyl groups excluding tert-OH is 1. The van der Waals surface area contributed by atoms with Crippen molar-refractivity contribution in [3.8, 4) is 0 Å². The van der Waals surface area contributed by atoms with Crippen LogP contribution in [-0.4, -0.2) is 35.7 Å². The van der Waals surface area contributed by atoms with Gasteiger partial charge in [0.2, 0.25) is 5.91 Å². The fourth-order valence-electron chi connectivity index (χ4n) is 2.49. The van der Waals surface area contributed by atoms with E-state index in [0.29, 0.717) is 19.4 Å². The van der Waals surface area contributed by atoms with Crippen molar-refractivity contribution in [2.75, 3.05) is 6.54 Å². The first kappa shape index (κ1) is 16.8. The fourth-order valence-corrected chi connectivity index (χ4v) is 2.49. The maximum atomic E-state index is 12.5. The minimum atomic E-state index is -4.34. The summed E-state index contributed by atoms with van der Waals surface area (Å²) in [5.41, 5.74) is 0.0392. The molecule has 1 aliphatic heterocycles. The van der Waals surface area contributed by atoms with Crippen molar-refractivity contribution >= 4 is 5.91 Å². The molecule has 1 amide bonds. The Morgan fingerprint density at radius 1 is 1.41 bits per heavy atom. The molecule has 0 saturated carbocycles. The zero-order valence-corrected chi connectivity index (χ0v) is 12.2. The summed E-state index contributed by atoms with van der Waals surface area (Å²) in [4.78, 5) is 11.9. The number of alkyl halides is 3. The first-order valence-corrected chi connectivity index (χ1v) is 7.13. The Kier molecular flexibility index (Phi) is 5.08. The van der Waals surface area contributed by atoms with Gasteiger partial charge in [-0.25, -0.2) is 0 Å². The molecular weight excluding hydrogens is 297 g/mol. The third-order valence-electron chi connectivity index (χ3n) is 3.64. The smallest absolute Gasteiger partial charge is 0.392 e. The van der Waals surface area contributed by atoms with E-state index >= 15 is 0 Å². The summed E-state index contributed by atoms with van der Waals surface area (Å²) in [7, 11) is 0. The topological polar surface area (TPSA) is 61.4 Å². The second-order valence-electron chi connectivity index (χ2n) is 5.66. The molecule has 1 saturated heterocycles. The molecule has 7 heteroatoms. The summed E-state index contributed by atoms with van der Waals surface area (Å²) in [6, 6.07) is 4.30. The van der Waals surface area contributed by atoms with E-state index in [0.717, 1.165) is 17.7 Å². The van der Waals surface area contributed by atoms with Crippen LogP contribution < -0.4 is 10.6 Å². The summed E-state index contributed by atoms with van der Waals surface area (Å²) in [5, 5.41) is 15.1. The number of β-amino-alcohol motifs (C(OH)–C–C–N with tert-alkyl or cyclic N) is 1. The molecule has 3 atom stereocenters. The van der Waals surface area contributed by atoms with Crippen LogP contribution in [0.3, 0.4) is 0 Å². The van der Waals surface area contributed by atoms with Gasteiger partial charge in [0.25, 0.3) is 0 Å². The summed E-state index contributed by atoms with van der Waals surface area (Å²) in [6.07, 6.45) is -4.04. The van der Waals surface area contributed by atoms with Crippen LogP contribution in [0.25, 0.3) is 0 Å². The van der Waals surface area contributed by atoms with Crippen LogP contribution >= 0.6 is 0 Å². The molecule has 3 N–H and O–H groups in total. The molecule has 1 aliphatic rings. The summed E-state index contributed by atoms with van der Waals surface area (Å²) < 4.78 is 37.4. The summed E-state index contributed by atoms with van der Waals surface area (Å²) in [5.74, 6) is -0.198. The van der Waals surface area contributed by atoms with Gasteiger partial charge in [0.1, 0.15) is 0 Å². The van der Waals surface area contributed by atoms with Gasteiger partial charge < -0.3 is 15.7 Å². The number of carbonyl (C=O) groups is 1. The molecule has 0 aromatic heterocycles. The normalized spacial score (nSPS) is 23.3. The SMILES string of the molecule is C[C@H](Cc1ccc(C(F)(F)F)cc1)NC(=O)[C@H]1C[C@@H](O)CN1. The molecule has 1 fully saturated rings. The lowest BCUT2D eigenvalue weighted by Crippen LogP contribution is -2.44. The van der Waals surface area contributed by atoms with Crippen molar-refractivity contribution in [2.24, 2.45) is 0 Å². The van der Waals surface area contributed by atoms with Crippen molar-refractivity contribution < 1.29 is 23.1 Å². The lowest BCUT2D eigenvalue weighted by atomic mass is 10.0. The monoisotopic (exact) mass is 316 g/mol. The molecule has 1 aromatic carbocycles. The van der Waals surface area contributed by atoms with Crippen LogP contribution in [0.15, 0.2) is 24.3 Å². The molecule has 0 bridgehead atoms. The average molecular weight is 316 g/mol. The van der Waals surface area contributed by atoms with Gasteiger partial charge in [-0.2, -0.15) is 13.2 Å². The molecule has 2 rings (SSSR count). The van der Waals surface area contributed by atoms with Crippen LogP contribution in [0.1, 0.15) is 24.5 Å². The van der Waals surface area contributed by atoms with E-state index in [2.05, 4.69) is 10.6 Å². The molecule has 0 unspecified atom stereocenters. The number of hydrogen-bond donors (Lipinski definition) is 3. The summed E-state index contributed by atoms with van der Waals surface area (Å²) >= 11 is 0. The minimum Gasteiger partial charge on any atom is -0.392 e. The highest BCUT2D eigenvalue weighted by Crippen LogP contribution is 2.29. The van der Waals surface area contributed by atoms with Gasteiger partial charge in [0.05, 0.1) is 17.7 Å². The molecule has 122 valence electrons. The van der Waals surface area contributed by atoms with Crippen LogP contribution in [0.2, 0.25) is 0 Å². The number of hydrogen-bond acceptors (Lipinski definition) is 3. The first-order chi connectivity index (χ1) is 10.3. The van der Waals surface area contributed by atoms with Crippen molar-refractivity contribution in [3.63, 3.8) is 0 Å². The van der Waals surface area contributed by atoms with Crippen LogP contribution in [0.5, 0.6) is 0 Å². The van der Waals surface area contributed by atoms with E-state index in [1.807, 2.05) is 0 Å². The first-order valence-electron chi connectivity index (χ1n) is 7.13. The lowest BCUT2D eigenvalue weighted by Gasteiger charge is -2.17.